The van der Waals surface area contributed by atoms with E-state index >= 15 is 0 Å². The van der Waals surface area contributed by atoms with Gasteiger partial charge in [-0.15, -0.1) is 0 Å². The second kappa shape index (κ2) is 15.0. The van der Waals surface area contributed by atoms with Crippen molar-refractivity contribution in [3.8, 4) is 0 Å². The molecule has 0 amide bonds. The molecule has 22 heavy (non-hydrogen) atoms. The quantitative estimate of drug-likeness (QED) is 0.231. The zero-order valence-corrected chi connectivity index (χ0v) is 15.4. The van der Waals surface area contributed by atoms with Crippen LogP contribution in [0.2, 0.25) is 0 Å². The van der Waals surface area contributed by atoms with Crippen LogP contribution in [-0.4, -0.2) is 35.5 Å². The van der Waals surface area contributed by atoms with Crippen LogP contribution in [0.1, 0.15) is 77.6 Å². The first-order valence-corrected chi connectivity index (χ1v) is 11.6. The molecule has 0 bridgehead atoms. The minimum Gasteiger partial charge on any atom is -0.303 e. The number of phosphoric acid groups is 1. The molecule has 0 unspecified atom stereocenters. The molecule has 6 N–H and O–H groups in total. The van der Waals surface area contributed by atoms with E-state index in [4.69, 9.17) is 33.9 Å². The summed E-state index contributed by atoms with van der Waals surface area (Å²) in [4.78, 5) is 48.0. The SMILES string of the molecule is CCCCCCCCCCCCC[PH](O)(O)O.O=P(O)(O)O. The average Bonchev–Trinajstić information content (AvgIpc) is 2.32. The van der Waals surface area contributed by atoms with Gasteiger partial charge in [0.2, 0.25) is 0 Å². The van der Waals surface area contributed by atoms with Gasteiger partial charge in [0.1, 0.15) is 0 Å². The van der Waals surface area contributed by atoms with Crippen molar-refractivity contribution in [1.82, 2.24) is 0 Å². The van der Waals surface area contributed by atoms with E-state index in [9.17, 15) is 0 Å². The summed E-state index contributed by atoms with van der Waals surface area (Å²) in [6.45, 7) is 2.24. The Morgan fingerprint density at radius 2 is 0.955 bits per heavy atom. The fourth-order valence-electron chi connectivity index (χ4n) is 2.03. The van der Waals surface area contributed by atoms with Gasteiger partial charge in [0.05, 0.1) is 0 Å². The van der Waals surface area contributed by atoms with Crippen LogP contribution in [0.3, 0.4) is 0 Å². The van der Waals surface area contributed by atoms with Crippen LogP contribution in [0.25, 0.3) is 0 Å². The predicted octanol–water partition coefficient (Wildman–Crippen LogP) is 2.84. The molecular weight excluding hydrogens is 330 g/mol. The van der Waals surface area contributed by atoms with Crippen LogP contribution in [0.5, 0.6) is 0 Å². The zero-order chi connectivity index (χ0) is 17.5. The molecule has 0 atom stereocenters. The molecule has 0 aromatic carbocycles. The normalized spacial score (nSPS) is 12.7. The smallest absolute Gasteiger partial charge is 0.303 e. The number of hydrogen-bond donors (Lipinski definition) is 6. The van der Waals surface area contributed by atoms with Gasteiger partial charge in [0.15, 0.2) is 0 Å². The Bertz CT molecular complexity index is 268. The van der Waals surface area contributed by atoms with E-state index in [-0.39, 0.29) is 6.16 Å². The molecule has 0 aromatic heterocycles. The summed E-state index contributed by atoms with van der Waals surface area (Å²) < 4.78 is 8.88. The Hall–Kier alpha value is 0.420. The van der Waals surface area contributed by atoms with E-state index in [1.165, 1.54) is 51.4 Å². The van der Waals surface area contributed by atoms with E-state index in [0.717, 1.165) is 19.3 Å². The van der Waals surface area contributed by atoms with Gasteiger partial charge in [-0.3, -0.25) is 0 Å². The second-order valence-corrected chi connectivity index (χ2v) is 8.65. The van der Waals surface area contributed by atoms with E-state index in [0.29, 0.717) is 0 Å². The molecule has 0 saturated heterocycles. The molecule has 0 aliphatic heterocycles. The Balaban J connectivity index is 0. The van der Waals surface area contributed by atoms with E-state index in [1.54, 1.807) is 0 Å². The van der Waals surface area contributed by atoms with Crippen molar-refractivity contribution in [1.29, 1.82) is 0 Å². The Morgan fingerprint density at radius 3 is 1.23 bits per heavy atom. The summed E-state index contributed by atoms with van der Waals surface area (Å²) in [6.07, 6.45) is 13.8. The van der Waals surface area contributed by atoms with Gasteiger partial charge >= 0.3 is 107 Å². The topological polar surface area (TPSA) is 138 Å². The molecule has 0 saturated carbocycles. The Labute approximate surface area is 134 Å². The van der Waals surface area contributed by atoms with Crippen molar-refractivity contribution in [3.05, 3.63) is 0 Å². The molecule has 0 radical (unpaired) electrons. The van der Waals surface area contributed by atoms with Gasteiger partial charge in [0.25, 0.3) is 0 Å². The molecule has 7 nitrogen and oxygen atoms in total. The molecule has 138 valence electrons. The van der Waals surface area contributed by atoms with Gasteiger partial charge in [-0.1, -0.05) is 6.92 Å². The van der Waals surface area contributed by atoms with Crippen molar-refractivity contribution in [3.63, 3.8) is 0 Å². The van der Waals surface area contributed by atoms with Crippen LogP contribution in [0.4, 0.5) is 0 Å². The van der Waals surface area contributed by atoms with Gasteiger partial charge in [-0.2, -0.15) is 0 Å². The standard InChI is InChI=1S/C13H31O3P.H3O4P/c1-2-3-4-5-6-7-8-9-10-11-12-13-17(14,15)16;1-5(2,3)4/h14-17H,2-13H2,1H3;(H3,1,2,3,4). The van der Waals surface area contributed by atoms with Crippen LogP contribution < -0.4 is 0 Å². The van der Waals surface area contributed by atoms with E-state index in [1.807, 2.05) is 0 Å². The van der Waals surface area contributed by atoms with Crippen LogP contribution in [-0.2, 0) is 4.57 Å². The van der Waals surface area contributed by atoms with Gasteiger partial charge in [-0.05, 0) is 0 Å². The largest absolute Gasteiger partial charge is 0.466 e. The van der Waals surface area contributed by atoms with Gasteiger partial charge in [0, 0.05) is 0 Å². The molecular formula is C13H34O7P2. The summed E-state index contributed by atoms with van der Waals surface area (Å²) in [5, 5.41) is 0. The van der Waals surface area contributed by atoms with Crippen molar-refractivity contribution >= 4 is 15.8 Å². The van der Waals surface area contributed by atoms with Crippen LogP contribution in [0.15, 0.2) is 0 Å². The minimum atomic E-state index is -4.64. The number of unbranched alkanes of at least 4 members (excludes halogenated alkanes) is 10. The number of rotatable bonds is 12. The molecule has 0 heterocycles. The monoisotopic (exact) mass is 364 g/mol. The van der Waals surface area contributed by atoms with E-state index < -0.39 is 15.8 Å². The van der Waals surface area contributed by atoms with Crippen molar-refractivity contribution in [2.75, 3.05) is 6.16 Å². The molecule has 9 heteroatoms. The summed E-state index contributed by atoms with van der Waals surface area (Å²) in [7, 11) is -8.39. The van der Waals surface area contributed by atoms with Crippen molar-refractivity contribution in [2.24, 2.45) is 0 Å². The zero-order valence-electron chi connectivity index (χ0n) is 13.5. The fraction of sp³-hybridized carbons (Fsp3) is 1.00. The maximum absolute atomic E-state index is 8.88. The molecule has 0 spiro atoms. The third-order valence-electron chi connectivity index (χ3n) is 3.12. The Kier molecular flexibility index (Phi) is 16.8. The molecule has 0 aromatic rings. The van der Waals surface area contributed by atoms with Crippen LogP contribution in [0, 0.1) is 0 Å². The van der Waals surface area contributed by atoms with Crippen molar-refractivity contribution in [2.45, 2.75) is 77.6 Å². The maximum Gasteiger partial charge on any atom is 0.466 e. The minimum absolute atomic E-state index is 0.198. The van der Waals surface area contributed by atoms with Crippen LogP contribution >= 0.6 is 15.8 Å². The predicted molar refractivity (Wildman–Crippen MR) is 90.6 cm³/mol. The summed E-state index contributed by atoms with van der Waals surface area (Å²) >= 11 is 0. The first kappa shape index (κ1) is 24.7. The third-order valence-corrected chi connectivity index (χ3v) is 4.14. The molecule has 0 fully saturated rings. The van der Waals surface area contributed by atoms with Gasteiger partial charge in [-0.25, -0.2) is 4.57 Å². The Morgan fingerprint density at radius 1 is 0.682 bits per heavy atom. The van der Waals surface area contributed by atoms with E-state index in [2.05, 4.69) is 6.92 Å². The fourth-order valence-corrected chi connectivity index (χ4v) is 2.75. The third kappa shape index (κ3) is 37.0. The average molecular weight is 364 g/mol. The molecule has 0 aliphatic rings. The second-order valence-electron chi connectivity index (χ2n) is 5.57. The first-order chi connectivity index (χ1) is 10.1. The van der Waals surface area contributed by atoms with Gasteiger partial charge < -0.3 is 14.7 Å². The molecule has 0 aliphatic carbocycles. The first-order valence-electron chi connectivity index (χ1n) is 8.01. The van der Waals surface area contributed by atoms with Crippen molar-refractivity contribution < 1.29 is 33.9 Å². The maximum atomic E-state index is 8.88. The summed E-state index contributed by atoms with van der Waals surface area (Å²) in [5.74, 6) is 0. The summed E-state index contributed by atoms with van der Waals surface area (Å²) in [5.41, 5.74) is 0. The summed E-state index contributed by atoms with van der Waals surface area (Å²) in [6, 6.07) is 0. The molecule has 0 rings (SSSR count). The number of hydrogen-bond acceptors (Lipinski definition) is 4.